The van der Waals surface area contributed by atoms with Gasteiger partial charge in [-0.1, -0.05) is 29.8 Å². The Kier molecular flexibility index (Phi) is 2.56. The SMILES string of the molecule is Cc1ccc(-n2c(O)[nH+]c3ccccc3c2=O)cc1. The maximum Gasteiger partial charge on any atom is 0.460 e. The molecule has 0 amide bonds. The third-order valence-electron chi connectivity index (χ3n) is 3.11. The molecule has 0 saturated carbocycles. The van der Waals surface area contributed by atoms with Gasteiger partial charge in [-0.3, -0.25) is 0 Å². The molecule has 3 rings (SSSR count). The number of nitrogens with zero attached hydrogens (tertiary/aromatic N) is 1. The number of aromatic hydroxyl groups is 1. The van der Waals surface area contributed by atoms with Crippen LogP contribution < -0.4 is 10.5 Å². The van der Waals surface area contributed by atoms with E-state index in [1.165, 1.54) is 4.57 Å². The average molecular weight is 253 g/mol. The Morgan fingerprint density at radius 2 is 1.74 bits per heavy atom. The minimum atomic E-state index is -0.240. The first-order chi connectivity index (χ1) is 9.16. The molecule has 2 N–H and O–H groups in total. The van der Waals surface area contributed by atoms with E-state index in [4.69, 9.17) is 0 Å². The Balaban J connectivity index is 2.35. The van der Waals surface area contributed by atoms with Crippen LogP contribution in [0.1, 0.15) is 5.56 Å². The average Bonchev–Trinajstić information content (AvgIpc) is 2.41. The maximum absolute atomic E-state index is 12.4. The van der Waals surface area contributed by atoms with Gasteiger partial charge in [-0.25, -0.2) is 9.78 Å². The molecule has 0 aliphatic rings. The summed E-state index contributed by atoms with van der Waals surface area (Å²) in [5, 5.41) is 10.6. The van der Waals surface area contributed by atoms with E-state index in [1.807, 2.05) is 25.1 Å². The van der Waals surface area contributed by atoms with Crippen LogP contribution in [0.2, 0.25) is 0 Å². The van der Waals surface area contributed by atoms with Crippen molar-refractivity contribution < 1.29 is 10.1 Å². The van der Waals surface area contributed by atoms with Crippen LogP contribution in [0.25, 0.3) is 16.6 Å². The van der Waals surface area contributed by atoms with Gasteiger partial charge in [-0.05, 0) is 31.2 Å². The van der Waals surface area contributed by atoms with Gasteiger partial charge in [-0.15, -0.1) is 4.57 Å². The van der Waals surface area contributed by atoms with Crippen molar-refractivity contribution >= 4 is 10.9 Å². The Hall–Kier alpha value is -2.62. The van der Waals surface area contributed by atoms with Crippen molar-refractivity contribution in [3.05, 3.63) is 64.4 Å². The number of benzene rings is 2. The van der Waals surface area contributed by atoms with Crippen molar-refractivity contribution in [2.45, 2.75) is 6.92 Å². The smallest absolute Gasteiger partial charge is 0.446 e. The number of aromatic nitrogens is 2. The quantitative estimate of drug-likeness (QED) is 0.719. The lowest BCUT2D eigenvalue weighted by molar-refractivity contribution is -0.370. The molecule has 0 bridgehead atoms. The molecule has 3 aromatic rings. The van der Waals surface area contributed by atoms with E-state index in [1.54, 1.807) is 30.3 Å². The van der Waals surface area contributed by atoms with E-state index in [0.29, 0.717) is 16.6 Å². The van der Waals surface area contributed by atoms with Gasteiger partial charge < -0.3 is 5.11 Å². The number of hydrogen-bond donors (Lipinski definition) is 1. The van der Waals surface area contributed by atoms with Crippen LogP contribution in [0.5, 0.6) is 6.01 Å². The van der Waals surface area contributed by atoms with Gasteiger partial charge in [0.15, 0.2) is 0 Å². The Morgan fingerprint density at radius 1 is 1.05 bits per heavy atom. The summed E-state index contributed by atoms with van der Waals surface area (Å²) in [6.07, 6.45) is 0. The first kappa shape index (κ1) is 11.5. The van der Waals surface area contributed by atoms with Crippen LogP contribution in [-0.4, -0.2) is 9.67 Å². The topological polar surface area (TPSA) is 56.4 Å². The first-order valence-corrected chi connectivity index (χ1v) is 6.00. The molecule has 0 saturated heterocycles. The highest BCUT2D eigenvalue weighted by atomic mass is 16.3. The van der Waals surface area contributed by atoms with Gasteiger partial charge >= 0.3 is 11.6 Å². The summed E-state index contributed by atoms with van der Waals surface area (Å²) in [7, 11) is 0. The first-order valence-electron chi connectivity index (χ1n) is 6.00. The van der Waals surface area contributed by atoms with E-state index in [0.717, 1.165) is 5.56 Å². The Morgan fingerprint density at radius 3 is 2.47 bits per heavy atom. The van der Waals surface area contributed by atoms with Crippen LogP contribution in [0, 0.1) is 6.92 Å². The van der Waals surface area contributed by atoms with Crippen LogP contribution in [0.4, 0.5) is 0 Å². The molecule has 2 aromatic carbocycles. The number of aromatic amines is 1. The predicted molar refractivity (Wildman–Crippen MR) is 72.5 cm³/mol. The standard InChI is InChI=1S/C15H12N2O2/c1-10-6-8-11(9-7-10)17-14(18)12-4-2-3-5-13(12)16-15(17)19/h2-9H,1H3,(H,16,19)/p+1. The molecule has 1 aromatic heterocycles. The van der Waals surface area contributed by atoms with E-state index >= 15 is 0 Å². The highest BCUT2D eigenvalue weighted by Gasteiger charge is 2.18. The van der Waals surface area contributed by atoms with Crippen LogP contribution >= 0.6 is 0 Å². The second kappa shape index (κ2) is 4.24. The largest absolute Gasteiger partial charge is 0.460 e. The number of aryl methyl sites for hydroxylation is 1. The van der Waals surface area contributed by atoms with Crippen molar-refractivity contribution in [2.75, 3.05) is 0 Å². The second-order valence-corrected chi connectivity index (χ2v) is 4.47. The number of rotatable bonds is 1. The summed E-state index contributed by atoms with van der Waals surface area (Å²) >= 11 is 0. The monoisotopic (exact) mass is 253 g/mol. The molecular formula is C15H13N2O2+. The molecule has 4 heteroatoms. The number of nitrogens with one attached hydrogen (secondary N) is 1. The molecule has 1 heterocycles. The van der Waals surface area contributed by atoms with Crippen molar-refractivity contribution in [2.24, 2.45) is 0 Å². The summed E-state index contributed by atoms with van der Waals surface area (Å²) in [5.41, 5.74) is 2.11. The van der Waals surface area contributed by atoms with Gasteiger partial charge in [-0.2, -0.15) is 0 Å². The molecule has 0 unspecified atom stereocenters. The highest BCUT2D eigenvalue weighted by Crippen LogP contribution is 2.13. The van der Waals surface area contributed by atoms with Crippen molar-refractivity contribution in [3.63, 3.8) is 0 Å². The van der Waals surface area contributed by atoms with Crippen LogP contribution in [-0.2, 0) is 0 Å². The molecule has 0 spiro atoms. The molecule has 0 fully saturated rings. The van der Waals surface area contributed by atoms with E-state index in [9.17, 15) is 9.90 Å². The molecule has 0 atom stereocenters. The fourth-order valence-electron chi connectivity index (χ4n) is 2.10. The summed E-state index contributed by atoms with van der Waals surface area (Å²) in [4.78, 5) is 15.2. The number of para-hydroxylation sites is 1. The molecular weight excluding hydrogens is 240 g/mol. The van der Waals surface area contributed by atoms with E-state index in [-0.39, 0.29) is 11.6 Å². The summed E-state index contributed by atoms with van der Waals surface area (Å²) in [6, 6.07) is 14.3. The fraction of sp³-hybridized carbons (Fsp3) is 0.0667. The van der Waals surface area contributed by atoms with E-state index < -0.39 is 0 Å². The van der Waals surface area contributed by atoms with Crippen molar-refractivity contribution in [1.82, 2.24) is 4.57 Å². The second-order valence-electron chi connectivity index (χ2n) is 4.47. The lowest BCUT2D eigenvalue weighted by Gasteiger charge is -2.02. The normalized spacial score (nSPS) is 10.8. The molecule has 19 heavy (non-hydrogen) atoms. The third-order valence-corrected chi connectivity index (χ3v) is 3.11. The zero-order valence-corrected chi connectivity index (χ0v) is 10.4. The number of H-pyrrole nitrogens is 1. The summed E-state index contributed by atoms with van der Waals surface area (Å²) < 4.78 is 1.27. The summed E-state index contributed by atoms with van der Waals surface area (Å²) in [5.74, 6) is 0. The number of fused-ring (bicyclic) bond motifs is 1. The number of hydrogen-bond acceptors (Lipinski definition) is 2. The van der Waals surface area contributed by atoms with Gasteiger partial charge in [0.2, 0.25) is 0 Å². The van der Waals surface area contributed by atoms with Gasteiger partial charge in [0.1, 0.15) is 16.6 Å². The zero-order valence-electron chi connectivity index (χ0n) is 10.4. The third kappa shape index (κ3) is 1.87. The Labute approximate surface area is 109 Å². The van der Waals surface area contributed by atoms with Gasteiger partial charge in [0.25, 0.3) is 0 Å². The minimum Gasteiger partial charge on any atom is -0.446 e. The summed E-state index contributed by atoms with van der Waals surface area (Å²) in [6.45, 7) is 1.97. The molecule has 4 nitrogen and oxygen atoms in total. The van der Waals surface area contributed by atoms with Crippen LogP contribution in [0.3, 0.4) is 0 Å². The van der Waals surface area contributed by atoms with Crippen molar-refractivity contribution in [1.29, 1.82) is 0 Å². The van der Waals surface area contributed by atoms with E-state index in [2.05, 4.69) is 4.98 Å². The molecule has 0 aliphatic carbocycles. The van der Waals surface area contributed by atoms with Crippen molar-refractivity contribution in [3.8, 4) is 11.7 Å². The highest BCUT2D eigenvalue weighted by molar-refractivity contribution is 5.74. The lowest BCUT2D eigenvalue weighted by Crippen LogP contribution is -2.25. The predicted octanol–water partition coefficient (Wildman–Crippen LogP) is 1.82. The zero-order chi connectivity index (χ0) is 13.4. The molecule has 94 valence electrons. The van der Waals surface area contributed by atoms with Crippen LogP contribution in [0.15, 0.2) is 53.3 Å². The van der Waals surface area contributed by atoms with Gasteiger partial charge in [0.05, 0.1) is 0 Å². The minimum absolute atomic E-state index is 0.174. The van der Waals surface area contributed by atoms with Gasteiger partial charge in [0, 0.05) is 0 Å². The lowest BCUT2D eigenvalue weighted by atomic mass is 10.2. The Bertz CT molecular complexity index is 804. The fourth-order valence-corrected chi connectivity index (χ4v) is 2.10. The maximum atomic E-state index is 12.4. The molecule has 0 radical (unpaired) electrons. The molecule has 0 aliphatic heterocycles.